The van der Waals surface area contributed by atoms with Gasteiger partial charge >= 0.3 is 12.0 Å². The lowest BCUT2D eigenvalue weighted by Gasteiger charge is -2.22. The van der Waals surface area contributed by atoms with Crippen LogP contribution in [0.2, 0.25) is 0 Å². The Morgan fingerprint density at radius 3 is 2.48 bits per heavy atom. The summed E-state index contributed by atoms with van der Waals surface area (Å²) in [5.41, 5.74) is 0.388. The van der Waals surface area contributed by atoms with Crippen LogP contribution in [0.25, 0.3) is 0 Å². The van der Waals surface area contributed by atoms with Crippen LogP contribution < -0.4 is 10.6 Å². The SMILES string of the molecule is CCCNC(=O)[C@@H](C)OC(=O)CN1C(=O)N[C@](C)(c2ccc(C)cc2)C1=O. The van der Waals surface area contributed by atoms with Crippen LogP contribution in [-0.2, 0) is 24.7 Å². The molecule has 2 rings (SSSR count). The molecule has 2 atom stereocenters. The van der Waals surface area contributed by atoms with E-state index in [1.165, 1.54) is 6.92 Å². The second kappa shape index (κ2) is 8.20. The molecule has 1 aromatic rings. The minimum Gasteiger partial charge on any atom is -0.451 e. The summed E-state index contributed by atoms with van der Waals surface area (Å²) < 4.78 is 5.03. The van der Waals surface area contributed by atoms with Crippen molar-refractivity contribution in [1.82, 2.24) is 15.5 Å². The number of nitrogens with one attached hydrogen (secondary N) is 2. The molecule has 0 spiro atoms. The lowest BCUT2D eigenvalue weighted by molar-refractivity contribution is -0.156. The van der Waals surface area contributed by atoms with E-state index >= 15 is 0 Å². The van der Waals surface area contributed by atoms with Gasteiger partial charge in [0.15, 0.2) is 6.10 Å². The number of hydrogen-bond acceptors (Lipinski definition) is 5. The van der Waals surface area contributed by atoms with Gasteiger partial charge in [0.05, 0.1) is 0 Å². The first kappa shape index (κ1) is 20.4. The first-order valence-corrected chi connectivity index (χ1v) is 8.87. The van der Waals surface area contributed by atoms with Gasteiger partial charge in [-0.15, -0.1) is 0 Å². The van der Waals surface area contributed by atoms with Crippen LogP contribution in [0.4, 0.5) is 4.79 Å². The van der Waals surface area contributed by atoms with Crippen LogP contribution in [0.3, 0.4) is 0 Å². The van der Waals surface area contributed by atoms with Crippen LogP contribution in [-0.4, -0.2) is 47.9 Å². The van der Waals surface area contributed by atoms with Gasteiger partial charge in [-0.2, -0.15) is 0 Å². The second-order valence-corrected chi connectivity index (χ2v) is 6.74. The minimum atomic E-state index is -1.25. The Hall–Kier alpha value is -2.90. The number of carbonyl (C=O) groups excluding carboxylic acids is 4. The largest absolute Gasteiger partial charge is 0.451 e. The smallest absolute Gasteiger partial charge is 0.327 e. The monoisotopic (exact) mass is 375 g/mol. The van der Waals surface area contributed by atoms with Crippen LogP contribution in [0.1, 0.15) is 38.3 Å². The number of nitrogens with zero attached hydrogens (tertiary/aromatic N) is 1. The highest BCUT2D eigenvalue weighted by Crippen LogP contribution is 2.28. The van der Waals surface area contributed by atoms with Crippen molar-refractivity contribution in [2.75, 3.05) is 13.1 Å². The van der Waals surface area contributed by atoms with Gasteiger partial charge in [0.1, 0.15) is 12.1 Å². The number of ether oxygens (including phenoxy) is 1. The van der Waals surface area contributed by atoms with Crippen molar-refractivity contribution in [2.24, 2.45) is 0 Å². The summed E-state index contributed by atoms with van der Waals surface area (Å²) in [5, 5.41) is 5.24. The van der Waals surface area contributed by atoms with E-state index in [0.717, 1.165) is 16.9 Å². The zero-order chi connectivity index (χ0) is 20.2. The van der Waals surface area contributed by atoms with E-state index in [4.69, 9.17) is 4.74 Å². The Morgan fingerprint density at radius 2 is 1.89 bits per heavy atom. The van der Waals surface area contributed by atoms with Crippen molar-refractivity contribution in [3.63, 3.8) is 0 Å². The van der Waals surface area contributed by atoms with E-state index in [2.05, 4.69) is 10.6 Å². The van der Waals surface area contributed by atoms with Gasteiger partial charge < -0.3 is 15.4 Å². The Kier molecular flexibility index (Phi) is 6.20. The van der Waals surface area contributed by atoms with E-state index in [1.807, 2.05) is 26.0 Å². The Bertz CT molecular complexity index is 746. The molecular weight excluding hydrogens is 350 g/mol. The number of benzene rings is 1. The van der Waals surface area contributed by atoms with Crippen molar-refractivity contribution in [2.45, 2.75) is 45.8 Å². The molecule has 146 valence electrons. The van der Waals surface area contributed by atoms with E-state index < -0.39 is 42.0 Å². The molecule has 4 amide bonds. The van der Waals surface area contributed by atoms with Gasteiger partial charge in [-0.3, -0.25) is 19.3 Å². The molecule has 1 aliphatic heterocycles. The summed E-state index contributed by atoms with van der Waals surface area (Å²) in [7, 11) is 0. The van der Waals surface area contributed by atoms with Crippen molar-refractivity contribution < 1.29 is 23.9 Å². The molecule has 1 aromatic carbocycles. The summed E-state index contributed by atoms with van der Waals surface area (Å²) in [5.74, 6) is -1.80. The van der Waals surface area contributed by atoms with Gasteiger partial charge in [-0.1, -0.05) is 36.8 Å². The number of hydrogen-bond donors (Lipinski definition) is 2. The van der Waals surface area contributed by atoms with Crippen molar-refractivity contribution >= 4 is 23.8 Å². The van der Waals surface area contributed by atoms with Gasteiger partial charge in [-0.25, -0.2) is 4.79 Å². The molecule has 0 saturated carbocycles. The van der Waals surface area contributed by atoms with E-state index in [0.29, 0.717) is 12.1 Å². The number of imide groups is 1. The lowest BCUT2D eigenvalue weighted by Crippen LogP contribution is -2.42. The predicted octanol–water partition coefficient (Wildman–Crippen LogP) is 1.22. The second-order valence-electron chi connectivity index (χ2n) is 6.74. The van der Waals surface area contributed by atoms with Gasteiger partial charge in [-0.05, 0) is 32.8 Å². The molecule has 0 bridgehead atoms. The maximum Gasteiger partial charge on any atom is 0.327 e. The highest BCUT2D eigenvalue weighted by molar-refractivity contribution is 6.08. The molecule has 27 heavy (non-hydrogen) atoms. The normalized spacial score (nSPS) is 20.2. The zero-order valence-corrected chi connectivity index (χ0v) is 16.0. The van der Waals surface area contributed by atoms with Crippen molar-refractivity contribution in [3.8, 4) is 0 Å². The fourth-order valence-electron chi connectivity index (χ4n) is 2.73. The first-order valence-electron chi connectivity index (χ1n) is 8.87. The fourth-order valence-corrected chi connectivity index (χ4v) is 2.73. The van der Waals surface area contributed by atoms with Gasteiger partial charge in [0.2, 0.25) is 0 Å². The number of amides is 4. The molecule has 1 aliphatic rings. The molecule has 1 fully saturated rings. The van der Waals surface area contributed by atoms with Gasteiger partial charge in [0, 0.05) is 6.54 Å². The molecule has 2 N–H and O–H groups in total. The Balaban J connectivity index is 2.03. The first-order chi connectivity index (χ1) is 12.7. The molecule has 0 radical (unpaired) electrons. The standard InChI is InChI=1S/C19H25N3O5/c1-5-10-20-16(24)13(3)27-15(23)11-22-17(25)19(4,21-18(22)26)14-8-6-12(2)7-9-14/h6-9,13H,5,10-11H2,1-4H3,(H,20,24)(H,21,26)/t13-,19-/m1/s1. The van der Waals surface area contributed by atoms with E-state index in [-0.39, 0.29) is 0 Å². The van der Waals surface area contributed by atoms with Crippen molar-refractivity contribution in [1.29, 1.82) is 0 Å². The number of esters is 1. The summed E-state index contributed by atoms with van der Waals surface area (Å²) in [4.78, 5) is 49.7. The highest BCUT2D eigenvalue weighted by atomic mass is 16.5. The third-order valence-electron chi connectivity index (χ3n) is 4.42. The van der Waals surface area contributed by atoms with Crippen molar-refractivity contribution in [3.05, 3.63) is 35.4 Å². The average molecular weight is 375 g/mol. The van der Waals surface area contributed by atoms with Crippen LogP contribution in [0.5, 0.6) is 0 Å². The Labute approximate surface area is 158 Å². The average Bonchev–Trinajstić information content (AvgIpc) is 2.84. The number of rotatable bonds is 7. The molecule has 0 unspecified atom stereocenters. The lowest BCUT2D eigenvalue weighted by atomic mass is 9.91. The zero-order valence-electron chi connectivity index (χ0n) is 16.0. The van der Waals surface area contributed by atoms with Crippen LogP contribution in [0.15, 0.2) is 24.3 Å². The quantitative estimate of drug-likeness (QED) is 0.551. The third kappa shape index (κ3) is 4.45. The van der Waals surface area contributed by atoms with Crippen LogP contribution in [0, 0.1) is 6.92 Å². The van der Waals surface area contributed by atoms with Crippen LogP contribution >= 0.6 is 0 Å². The number of aryl methyl sites for hydroxylation is 1. The van der Waals surface area contributed by atoms with E-state index in [9.17, 15) is 19.2 Å². The molecule has 0 aliphatic carbocycles. The summed E-state index contributed by atoms with van der Waals surface area (Å²) in [6.07, 6.45) is -0.250. The minimum absolute atomic E-state index is 0.424. The maximum atomic E-state index is 12.8. The Morgan fingerprint density at radius 1 is 1.26 bits per heavy atom. The van der Waals surface area contributed by atoms with E-state index in [1.54, 1.807) is 19.1 Å². The number of urea groups is 1. The summed E-state index contributed by atoms with van der Waals surface area (Å²) in [6, 6.07) is 6.52. The fraction of sp³-hybridized carbons (Fsp3) is 0.474. The van der Waals surface area contributed by atoms with Gasteiger partial charge in [0.25, 0.3) is 11.8 Å². The highest BCUT2D eigenvalue weighted by Gasteiger charge is 2.49. The summed E-state index contributed by atoms with van der Waals surface area (Å²) in [6.45, 7) is 6.76. The molecular formula is C19H25N3O5. The molecule has 8 nitrogen and oxygen atoms in total. The molecule has 1 saturated heterocycles. The predicted molar refractivity (Wildman–Crippen MR) is 97.6 cm³/mol. The molecule has 0 aromatic heterocycles. The topological polar surface area (TPSA) is 105 Å². The molecule has 1 heterocycles. The molecule has 8 heteroatoms. The summed E-state index contributed by atoms with van der Waals surface area (Å²) >= 11 is 0. The number of carbonyl (C=O) groups is 4. The maximum absolute atomic E-state index is 12.8. The third-order valence-corrected chi connectivity index (χ3v) is 4.42.